The average Bonchev–Trinajstić information content (AvgIpc) is 2.34. The zero-order valence-corrected chi connectivity index (χ0v) is 12.3. The van der Waals surface area contributed by atoms with Crippen molar-refractivity contribution in [1.29, 1.82) is 0 Å². The zero-order valence-electron chi connectivity index (χ0n) is 12.3. The van der Waals surface area contributed by atoms with Crippen molar-refractivity contribution in [2.75, 3.05) is 6.54 Å². The van der Waals surface area contributed by atoms with Crippen LogP contribution < -0.4 is 5.32 Å². The van der Waals surface area contributed by atoms with Gasteiger partial charge in [0, 0.05) is 6.04 Å². The highest BCUT2D eigenvalue weighted by Gasteiger charge is 2.22. The molecule has 0 aromatic carbocycles. The van der Waals surface area contributed by atoms with E-state index in [-0.39, 0.29) is 0 Å². The Morgan fingerprint density at radius 2 is 1.76 bits per heavy atom. The third-order valence-electron chi connectivity index (χ3n) is 4.21. The Balaban J connectivity index is 2.33. The maximum Gasteiger partial charge on any atom is 0.00954 e. The van der Waals surface area contributed by atoms with Gasteiger partial charge in [-0.3, -0.25) is 0 Å². The third kappa shape index (κ3) is 6.45. The first kappa shape index (κ1) is 15.0. The predicted octanol–water partition coefficient (Wildman–Crippen LogP) is 4.76. The van der Waals surface area contributed by atoms with E-state index in [1.165, 1.54) is 64.3 Å². The summed E-state index contributed by atoms with van der Waals surface area (Å²) in [4.78, 5) is 0. The highest BCUT2D eigenvalue weighted by molar-refractivity contribution is 4.79. The summed E-state index contributed by atoms with van der Waals surface area (Å²) in [6, 6.07) is 0.809. The maximum absolute atomic E-state index is 3.85. The van der Waals surface area contributed by atoms with Crippen LogP contribution in [0.25, 0.3) is 0 Å². The molecule has 1 aliphatic carbocycles. The molecule has 1 unspecified atom stereocenters. The molecule has 0 heterocycles. The van der Waals surface area contributed by atoms with Gasteiger partial charge >= 0.3 is 0 Å². The van der Waals surface area contributed by atoms with Crippen LogP contribution in [0.5, 0.6) is 0 Å². The van der Waals surface area contributed by atoms with Crippen LogP contribution in [0.15, 0.2) is 0 Å². The minimum Gasteiger partial charge on any atom is -0.314 e. The summed E-state index contributed by atoms with van der Waals surface area (Å²) < 4.78 is 0. The Bertz CT molecular complexity index is 170. The quantitative estimate of drug-likeness (QED) is 0.602. The molecule has 1 saturated carbocycles. The Labute approximate surface area is 109 Å². The van der Waals surface area contributed by atoms with E-state index in [1.54, 1.807) is 0 Å². The molecule has 0 saturated heterocycles. The minimum atomic E-state index is 0.809. The zero-order chi connectivity index (χ0) is 12.5. The summed E-state index contributed by atoms with van der Waals surface area (Å²) in [5, 5.41) is 3.85. The first-order valence-electron chi connectivity index (χ1n) is 7.97. The fourth-order valence-corrected chi connectivity index (χ4v) is 3.02. The van der Waals surface area contributed by atoms with Crippen molar-refractivity contribution in [2.45, 2.75) is 84.6 Å². The van der Waals surface area contributed by atoms with Crippen molar-refractivity contribution in [3.8, 4) is 0 Å². The smallest absolute Gasteiger partial charge is 0.00954 e. The lowest BCUT2D eigenvalue weighted by Crippen LogP contribution is -2.38. The van der Waals surface area contributed by atoms with Gasteiger partial charge in [-0.1, -0.05) is 46.5 Å². The van der Waals surface area contributed by atoms with Crippen molar-refractivity contribution in [3.05, 3.63) is 0 Å². The first-order valence-corrected chi connectivity index (χ1v) is 7.97. The summed E-state index contributed by atoms with van der Waals surface area (Å²) in [7, 11) is 0. The van der Waals surface area contributed by atoms with Crippen LogP contribution >= 0.6 is 0 Å². The monoisotopic (exact) mass is 239 g/mol. The largest absolute Gasteiger partial charge is 0.314 e. The second kappa shape index (κ2) is 8.97. The maximum atomic E-state index is 3.85. The lowest BCUT2D eigenvalue weighted by atomic mass is 9.81. The van der Waals surface area contributed by atoms with E-state index < -0.39 is 0 Å². The first-order chi connectivity index (χ1) is 8.24. The van der Waals surface area contributed by atoms with Gasteiger partial charge in [0.1, 0.15) is 0 Å². The molecule has 1 fully saturated rings. The van der Waals surface area contributed by atoms with Crippen LogP contribution in [-0.2, 0) is 0 Å². The molecule has 1 atom stereocenters. The molecule has 0 aromatic rings. The molecule has 1 N–H and O–H groups in total. The topological polar surface area (TPSA) is 12.0 Å². The highest BCUT2D eigenvalue weighted by atomic mass is 14.9. The fraction of sp³-hybridized carbons (Fsp3) is 1.00. The van der Waals surface area contributed by atoms with Crippen LogP contribution in [0, 0.1) is 11.8 Å². The van der Waals surface area contributed by atoms with Crippen molar-refractivity contribution in [3.63, 3.8) is 0 Å². The predicted molar refractivity (Wildman–Crippen MR) is 77.3 cm³/mol. The lowest BCUT2D eigenvalue weighted by molar-refractivity contribution is 0.248. The van der Waals surface area contributed by atoms with E-state index in [9.17, 15) is 0 Å². The van der Waals surface area contributed by atoms with Gasteiger partial charge in [0.15, 0.2) is 0 Å². The van der Waals surface area contributed by atoms with Gasteiger partial charge in [0.2, 0.25) is 0 Å². The second-order valence-corrected chi connectivity index (χ2v) is 6.28. The molecule has 0 bridgehead atoms. The number of unbranched alkanes of at least 4 members (excludes halogenated alkanes) is 1. The van der Waals surface area contributed by atoms with Crippen LogP contribution in [-0.4, -0.2) is 12.6 Å². The Hall–Kier alpha value is -0.0400. The molecule has 17 heavy (non-hydrogen) atoms. The number of hydrogen-bond donors (Lipinski definition) is 1. The molecule has 102 valence electrons. The summed E-state index contributed by atoms with van der Waals surface area (Å²) in [5.41, 5.74) is 0. The molecular formula is C16H33N. The van der Waals surface area contributed by atoms with E-state index in [1.807, 2.05) is 0 Å². The highest BCUT2D eigenvalue weighted by Crippen LogP contribution is 2.29. The van der Waals surface area contributed by atoms with Crippen LogP contribution in [0.2, 0.25) is 0 Å². The number of nitrogens with one attached hydrogen (secondary N) is 1. The van der Waals surface area contributed by atoms with E-state index >= 15 is 0 Å². The molecule has 0 aliphatic heterocycles. The fourth-order valence-electron chi connectivity index (χ4n) is 3.02. The van der Waals surface area contributed by atoms with Gasteiger partial charge in [-0.2, -0.15) is 0 Å². The molecule has 0 aromatic heterocycles. The molecule has 1 rings (SSSR count). The van der Waals surface area contributed by atoms with E-state index in [0.717, 1.165) is 17.9 Å². The van der Waals surface area contributed by atoms with Gasteiger partial charge < -0.3 is 5.32 Å². The summed E-state index contributed by atoms with van der Waals surface area (Å²) >= 11 is 0. The normalized spacial score (nSPS) is 19.8. The van der Waals surface area contributed by atoms with Crippen molar-refractivity contribution >= 4 is 0 Å². The third-order valence-corrected chi connectivity index (χ3v) is 4.21. The number of rotatable bonds is 8. The summed E-state index contributed by atoms with van der Waals surface area (Å²) in [5.74, 6) is 1.83. The lowest BCUT2D eigenvalue weighted by Gasteiger charge is -2.31. The van der Waals surface area contributed by atoms with E-state index in [2.05, 4.69) is 26.1 Å². The van der Waals surface area contributed by atoms with E-state index in [0.29, 0.717) is 0 Å². The molecular weight excluding hydrogens is 206 g/mol. The summed E-state index contributed by atoms with van der Waals surface area (Å²) in [6.45, 7) is 8.22. The van der Waals surface area contributed by atoms with Crippen molar-refractivity contribution < 1.29 is 0 Å². The van der Waals surface area contributed by atoms with Crippen LogP contribution in [0.3, 0.4) is 0 Å². The van der Waals surface area contributed by atoms with Gasteiger partial charge in [0.05, 0.1) is 0 Å². The standard InChI is InChI=1S/C16H33N/c1-4-5-13-17-16(12-11-14(2)3)15-9-7-6-8-10-15/h14-17H,4-13H2,1-3H3. The van der Waals surface area contributed by atoms with Crippen LogP contribution in [0.1, 0.15) is 78.6 Å². The second-order valence-electron chi connectivity index (χ2n) is 6.28. The van der Waals surface area contributed by atoms with Crippen LogP contribution in [0.4, 0.5) is 0 Å². The average molecular weight is 239 g/mol. The Morgan fingerprint density at radius 1 is 1.06 bits per heavy atom. The molecule has 0 radical (unpaired) electrons. The molecule has 0 amide bonds. The molecule has 1 aliphatic rings. The van der Waals surface area contributed by atoms with Gasteiger partial charge in [-0.15, -0.1) is 0 Å². The Kier molecular flexibility index (Phi) is 7.92. The van der Waals surface area contributed by atoms with E-state index in [4.69, 9.17) is 0 Å². The number of hydrogen-bond acceptors (Lipinski definition) is 1. The molecule has 1 heteroatoms. The van der Waals surface area contributed by atoms with Gasteiger partial charge in [-0.25, -0.2) is 0 Å². The van der Waals surface area contributed by atoms with Gasteiger partial charge in [-0.05, 0) is 50.5 Å². The SMILES string of the molecule is CCCCNC(CCC(C)C)C1CCCCC1. The molecule has 1 nitrogen and oxygen atoms in total. The minimum absolute atomic E-state index is 0.809. The van der Waals surface area contributed by atoms with Crippen molar-refractivity contribution in [1.82, 2.24) is 5.32 Å². The molecule has 0 spiro atoms. The van der Waals surface area contributed by atoms with Crippen molar-refractivity contribution in [2.24, 2.45) is 11.8 Å². The van der Waals surface area contributed by atoms with Gasteiger partial charge in [0.25, 0.3) is 0 Å². The summed E-state index contributed by atoms with van der Waals surface area (Å²) in [6.07, 6.45) is 12.8. The Morgan fingerprint density at radius 3 is 2.35 bits per heavy atom.